The number of amides is 2. The van der Waals surface area contributed by atoms with E-state index in [2.05, 4.69) is 5.32 Å². The molecule has 1 atom stereocenters. The molecule has 0 radical (unpaired) electrons. The zero-order valence-corrected chi connectivity index (χ0v) is 12.8. The quantitative estimate of drug-likeness (QED) is 0.769. The van der Waals surface area contributed by atoms with Gasteiger partial charge in [0.15, 0.2) is 0 Å². The van der Waals surface area contributed by atoms with Gasteiger partial charge in [-0.3, -0.25) is 9.59 Å². The predicted molar refractivity (Wildman–Crippen MR) is 77.7 cm³/mol. The lowest BCUT2D eigenvalue weighted by Gasteiger charge is -2.38. The van der Waals surface area contributed by atoms with Gasteiger partial charge in [-0.25, -0.2) is 0 Å². The van der Waals surface area contributed by atoms with Crippen LogP contribution in [-0.4, -0.2) is 73.6 Å². The molecule has 6 heteroatoms. The van der Waals surface area contributed by atoms with Crippen molar-refractivity contribution in [3.05, 3.63) is 0 Å². The molecule has 6 nitrogen and oxygen atoms in total. The number of piperidine rings is 1. The molecule has 0 saturated carbocycles. The second kappa shape index (κ2) is 5.93. The molecule has 3 aliphatic heterocycles. The number of nitrogens with one attached hydrogen (secondary N) is 1. The molecule has 3 fully saturated rings. The van der Waals surface area contributed by atoms with Crippen molar-refractivity contribution in [3.8, 4) is 0 Å². The van der Waals surface area contributed by atoms with Gasteiger partial charge in [0, 0.05) is 20.0 Å². The highest BCUT2D eigenvalue weighted by molar-refractivity contribution is 5.79. The number of carbonyl (C=O) groups is 2. The van der Waals surface area contributed by atoms with E-state index in [1.165, 1.54) is 0 Å². The van der Waals surface area contributed by atoms with E-state index in [1.54, 1.807) is 4.90 Å². The largest absolute Gasteiger partial charge is 0.361 e. The van der Waals surface area contributed by atoms with E-state index < -0.39 is 0 Å². The SMILES string of the molecule is CN1CC2(CCN(C(=O)CC3CCNCC3)C2)OCC1=O. The van der Waals surface area contributed by atoms with Crippen LogP contribution < -0.4 is 5.32 Å². The van der Waals surface area contributed by atoms with Gasteiger partial charge in [0.1, 0.15) is 12.2 Å². The number of carbonyl (C=O) groups excluding carboxylic acids is 2. The van der Waals surface area contributed by atoms with Crippen LogP contribution in [0.5, 0.6) is 0 Å². The lowest BCUT2D eigenvalue weighted by atomic mass is 9.94. The minimum Gasteiger partial charge on any atom is -0.361 e. The molecule has 2 amide bonds. The average Bonchev–Trinajstić information content (AvgIpc) is 2.89. The van der Waals surface area contributed by atoms with E-state index >= 15 is 0 Å². The molecule has 0 aromatic heterocycles. The normalized spacial score (nSPS) is 31.2. The highest BCUT2D eigenvalue weighted by atomic mass is 16.5. The van der Waals surface area contributed by atoms with Crippen LogP contribution in [-0.2, 0) is 14.3 Å². The first-order valence-corrected chi connectivity index (χ1v) is 7.94. The molecule has 0 aromatic carbocycles. The maximum atomic E-state index is 12.5. The highest BCUT2D eigenvalue weighted by Crippen LogP contribution is 2.30. The molecule has 3 heterocycles. The van der Waals surface area contributed by atoms with Gasteiger partial charge in [0.2, 0.25) is 11.8 Å². The molecule has 0 aromatic rings. The van der Waals surface area contributed by atoms with Crippen LogP contribution in [0, 0.1) is 5.92 Å². The number of rotatable bonds is 2. The standard InChI is InChI=1S/C15H25N3O3/c1-17-10-15(21-9-14(17)20)4-7-18(11-15)13(19)8-12-2-5-16-6-3-12/h12,16H,2-11H2,1H3. The first-order valence-electron chi connectivity index (χ1n) is 7.94. The number of morpholine rings is 1. The molecule has 118 valence electrons. The summed E-state index contributed by atoms with van der Waals surface area (Å²) in [5, 5.41) is 3.33. The van der Waals surface area contributed by atoms with Crippen LogP contribution in [0.25, 0.3) is 0 Å². The third-order valence-electron chi connectivity index (χ3n) is 5.04. The lowest BCUT2D eigenvalue weighted by Crippen LogP contribution is -2.54. The van der Waals surface area contributed by atoms with Crippen LogP contribution in [0.4, 0.5) is 0 Å². The summed E-state index contributed by atoms with van der Waals surface area (Å²) in [5.41, 5.74) is -0.327. The van der Waals surface area contributed by atoms with Gasteiger partial charge in [-0.05, 0) is 38.3 Å². The Balaban J connectivity index is 1.54. The Hall–Kier alpha value is -1.14. The van der Waals surface area contributed by atoms with Crippen LogP contribution in [0.2, 0.25) is 0 Å². The van der Waals surface area contributed by atoms with E-state index in [4.69, 9.17) is 4.74 Å². The van der Waals surface area contributed by atoms with Gasteiger partial charge in [0.25, 0.3) is 0 Å². The number of likely N-dealkylation sites (tertiary alicyclic amines) is 1. The second-order valence-corrected chi connectivity index (χ2v) is 6.68. The second-order valence-electron chi connectivity index (χ2n) is 6.68. The molecule has 0 bridgehead atoms. The average molecular weight is 295 g/mol. The number of hydrogen-bond acceptors (Lipinski definition) is 4. The van der Waals surface area contributed by atoms with Crippen molar-refractivity contribution in [3.63, 3.8) is 0 Å². The molecule has 3 rings (SSSR count). The third kappa shape index (κ3) is 3.21. The molecule has 1 N–H and O–H groups in total. The number of ether oxygens (including phenoxy) is 1. The van der Waals surface area contributed by atoms with E-state index in [0.29, 0.717) is 25.4 Å². The van der Waals surface area contributed by atoms with Gasteiger partial charge in [-0.2, -0.15) is 0 Å². The van der Waals surface area contributed by atoms with E-state index in [1.807, 2.05) is 11.9 Å². The van der Waals surface area contributed by atoms with Crippen LogP contribution in [0.3, 0.4) is 0 Å². The van der Waals surface area contributed by atoms with E-state index in [-0.39, 0.29) is 24.0 Å². The van der Waals surface area contributed by atoms with Gasteiger partial charge < -0.3 is 19.9 Å². The maximum absolute atomic E-state index is 12.5. The zero-order chi connectivity index (χ0) is 14.9. The Morgan fingerprint density at radius 1 is 1.38 bits per heavy atom. The third-order valence-corrected chi connectivity index (χ3v) is 5.04. The Labute approximate surface area is 125 Å². The molecule has 1 spiro atoms. The summed E-state index contributed by atoms with van der Waals surface area (Å²) in [4.78, 5) is 27.6. The van der Waals surface area contributed by atoms with Crippen molar-refractivity contribution in [2.45, 2.75) is 31.3 Å². The van der Waals surface area contributed by atoms with E-state index in [0.717, 1.165) is 38.9 Å². The molecular formula is C15H25N3O3. The Kier molecular flexibility index (Phi) is 4.17. The Morgan fingerprint density at radius 3 is 2.86 bits per heavy atom. The first kappa shape index (κ1) is 14.8. The number of nitrogens with zero attached hydrogens (tertiary/aromatic N) is 2. The highest BCUT2D eigenvalue weighted by Gasteiger charge is 2.45. The first-order chi connectivity index (χ1) is 10.1. The smallest absolute Gasteiger partial charge is 0.248 e. The summed E-state index contributed by atoms with van der Waals surface area (Å²) in [5.74, 6) is 0.800. The summed E-state index contributed by atoms with van der Waals surface area (Å²) in [7, 11) is 1.81. The maximum Gasteiger partial charge on any atom is 0.248 e. The van der Waals surface area contributed by atoms with Gasteiger partial charge in [0.05, 0.1) is 13.1 Å². The monoisotopic (exact) mass is 295 g/mol. The van der Waals surface area contributed by atoms with Gasteiger partial charge in [-0.1, -0.05) is 0 Å². The molecule has 3 aliphatic rings. The van der Waals surface area contributed by atoms with Gasteiger partial charge in [-0.15, -0.1) is 0 Å². The van der Waals surface area contributed by atoms with Crippen LogP contribution >= 0.6 is 0 Å². The fourth-order valence-electron chi connectivity index (χ4n) is 3.66. The summed E-state index contributed by atoms with van der Waals surface area (Å²) in [6.07, 6.45) is 3.69. The van der Waals surface area contributed by atoms with Gasteiger partial charge >= 0.3 is 0 Å². The van der Waals surface area contributed by atoms with Crippen LogP contribution in [0.15, 0.2) is 0 Å². The molecular weight excluding hydrogens is 270 g/mol. The fourth-order valence-corrected chi connectivity index (χ4v) is 3.66. The summed E-state index contributed by atoms with van der Waals surface area (Å²) in [6, 6.07) is 0. The molecule has 0 aliphatic carbocycles. The van der Waals surface area contributed by atoms with Crippen LogP contribution in [0.1, 0.15) is 25.7 Å². The fraction of sp³-hybridized carbons (Fsp3) is 0.867. The molecule has 1 unspecified atom stereocenters. The van der Waals surface area contributed by atoms with Crippen molar-refractivity contribution in [2.75, 3.05) is 46.4 Å². The lowest BCUT2D eigenvalue weighted by molar-refractivity contribution is -0.159. The topological polar surface area (TPSA) is 61.9 Å². The Bertz CT molecular complexity index is 422. The number of hydrogen-bond donors (Lipinski definition) is 1. The van der Waals surface area contributed by atoms with Crippen molar-refractivity contribution >= 4 is 11.8 Å². The number of likely N-dealkylation sites (N-methyl/N-ethyl adjacent to an activating group) is 1. The Morgan fingerprint density at radius 2 is 2.14 bits per heavy atom. The summed E-state index contributed by atoms with van der Waals surface area (Å²) < 4.78 is 5.78. The van der Waals surface area contributed by atoms with Crippen molar-refractivity contribution in [1.82, 2.24) is 15.1 Å². The van der Waals surface area contributed by atoms with Crippen molar-refractivity contribution < 1.29 is 14.3 Å². The minimum absolute atomic E-state index is 0.0279. The zero-order valence-electron chi connectivity index (χ0n) is 12.8. The predicted octanol–water partition coefficient (Wildman–Crippen LogP) is -0.164. The van der Waals surface area contributed by atoms with Crippen molar-refractivity contribution in [1.29, 1.82) is 0 Å². The van der Waals surface area contributed by atoms with E-state index in [9.17, 15) is 9.59 Å². The van der Waals surface area contributed by atoms with Crippen molar-refractivity contribution in [2.24, 2.45) is 5.92 Å². The minimum atomic E-state index is -0.327. The summed E-state index contributed by atoms with van der Waals surface area (Å²) in [6.45, 7) is 4.19. The molecule has 3 saturated heterocycles. The molecule has 21 heavy (non-hydrogen) atoms. The summed E-state index contributed by atoms with van der Waals surface area (Å²) >= 11 is 0.